The van der Waals surface area contributed by atoms with Crippen LogP contribution in [0.5, 0.6) is 0 Å². The quantitative estimate of drug-likeness (QED) is 0.629. The molecule has 2 N–H and O–H groups in total. The second-order valence-corrected chi connectivity index (χ2v) is 3.98. The van der Waals surface area contributed by atoms with Gasteiger partial charge in [0.25, 0.3) is 0 Å². The Labute approximate surface area is 104 Å². The Morgan fingerprint density at radius 2 is 2.11 bits per heavy atom. The minimum absolute atomic E-state index is 0.00552. The topological polar surface area (TPSA) is 47.8 Å². The second-order valence-electron chi connectivity index (χ2n) is 3.98. The Morgan fingerprint density at radius 1 is 1.39 bits per heavy atom. The molecule has 1 atom stereocenters. The summed E-state index contributed by atoms with van der Waals surface area (Å²) in [6.45, 7) is 1.34. The van der Waals surface area contributed by atoms with E-state index in [-0.39, 0.29) is 13.0 Å². The van der Waals surface area contributed by atoms with Crippen LogP contribution in [0.1, 0.15) is 18.9 Å². The van der Waals surface area contributed by atoms with Gasteiger partial charge in [0.1, 0.15) is 0 Å². The first-order valence-electron chi connectivity index (χ1n) is 5.49. The molecule has 0 spiro atoms. The third-order valence-electron chi connectivity index (χ3n) is 2.49. The average molecular weight is 257 g/mol. The van der Waals surface area contributed by atoms with Gasteiger partial charge >= 0.3 is 6.18 Å². The van der Waals surface area contributed by atoms with E-state index in [1.807, 2.05) is 6.07 Å². The fourth-order valence-electron chi connectivity index (χ4n) is 1.28. The predicted octanol–water partition coefficient (Wildman–Crippen LogP) is 3.06. The first-order chi connectivity index (χ1) is 8.43. The lowest BCUT2D eigenvalue weighted by Crippen LogP contribution is -2.28. The molecule has 0 aromatic heterocycles. The van der Waals surface area contributed by atoms with Crippen LogP contribution in [0.2, 0.25) is 0 Å². The van der Waals surface area contributed by atoms with Gasteiger partial charge in [-0.05, 0) is 24.6 Å². The van der Waals surface area contributed by atoms with E-state index in [1.54, 1.807) is 24.3 Å². The number of nitrogens with one attached hydrogen (secondary N) is 2. The zero-order valence-electron chi connectivity index (χ0n) is 9.88. The number of nitrogens with zero attached hydrogens (tertiary/aromatic N) is 1. The van der Waals surface area contributed by atoms with E-state index in [0.29, 0.717) is 11.3 Å². The maximum absolute atomic E-state index is 12.2. The van der Waals surface area contributed by atoms with Crippen LogP contribution in [0.4, 0.5) is 18.9 Å². The normalized spacial score (nSPS) is 12.8. The number of benzene rings is 1. The zero-order valence-corrected chi connectivity index (χ0v) is 9.88. The smallest absolute Gasteiger partial charge is 0.321 e. The van der Waals surface area contributed by atoms with E-state index in [4.69, 9.17) is 5.26 Å². The predicted molar refractivity (Wildman–Crippen MR) is 62.6 cm³/mol. The van der Waals surface area contributed by atoms with E-state index in [2.05, 4.69) is 10.9 Å². The van der Waals surface area contributed by atoms with Crippen molar-refractivity contribution < 1.29 is 13.2 Å². The standard InChI is InChI=1S/C12H14F3N3/c1-9(12(13,14)15)5-6-17-18-11-4-2-3-10(7-11)8-16/h2-4,7,9,17-18H,5-6H2,1H3. The van der Waals surface area contributed by atoms with Crippen LogP contribution < -0.4 is 10.9 Å². The molecule has 98 valence electrons. The molecule has 0 radical (unpaired) electrons. The Balaban J connectivity index is 2.32. The number of nitriles is 1. The lowest BCUT2D eigenvalue weighted by molar-refractivity contribution is -0.170. The van der Waals surface area contributed by atoms with Crippen LogP contribution in [0.3, 0.4) is 0 Å². The van der Waals surface area contributed by atoms with Crippen LogP contribution in [-0.2, 0) is 0 Å². The van der Waals surface area contributed by atoms with Gasteiger partial charge in [0, 0.05) is 6.54 Å². The molecular weight excluding hydrogens is 243 g/mol. The van der Waals surface area contributed by atoms with E-state index >= 15 is 0 Å². The molecule has 0 fully saturated rings. The number of rotatable bonds is 5. The average Bonchev–Trinajstić information content (AvgIpc) is 2.33. The molecule has 0 aliphatic carbocycles. The van der Waals surface area contributed by atoms with Crippen molar-refractivity contribution >= 4 is 5.69 Å². The van der Waals surface area contributed by atoms with Crippen molar-refractivity contribution in [2.45, 2.75) is 19.5 Å². The minimum Gasteiger partial charge on any atom is -0.321 e. The lowest BCUT2D eigenvalue weighted by Gasteiger charge is -2.16. The number of hydrogen-bond donors (Lipinski definition) is 2. The summed E-state index contributed by atoms with van der Waals surface area (Å²) in [5, 5.41) is 8.67. The van der Waals surface area contributed by atoms with Crippen LogP contribution in [0.15, 0.2) is 24.3 Å². The van der Waals surface area contributed by atoms with Crippen LogP contribution in [-0.4, -0.2) is 12.7 Å². The molecule has 0 saturated carbocycles. The fourth-order valence-corrected chi connectivity index (χ4v) is 1.28. The molecule has 6 heteroatoms. The van der Waals surface area contributed by atoms with Crippen molar-refractivity contribution in [3.05, 3.63) is 29.8 Å². The van der Waals surface area contributed by atoms with Gasteiger partial charge in [-0.3, -0.25) is 0 Å². The molecule has 1 rings (SSSR count). The Hall–Kier alpha value is -1.74. The molecule has 1 unspecified atom stereocenters. The summed E-state index contributed by atoms with van der Waals surface area (Å²) in [6, 6.07) is 8.66. The number of halogens is 3. The van der Waals surface area contributed by atoms with Crippen molar-refractivity contribution in [2.75, 3.05) is 12.0 Å². The van der Waals surface area contributed by atoms with Crippen LogP contribution in [0.25, 0.3) is 0 Å². The van der Waals surface area contributed by atoms with E-state index in [1.165, 1.54) is 0 Å². The van der Waals surface area contributed by atoms with Crippen molar-refractivity contribution in [3.63, 3.8) is 0 Å². The molecule has 3 nitrogen and oxygen atoms in total. The first kappa shape index (κ1) is 14.3. The van der Waals surface area contributed by atoms with E-state index in [0.717, 1.165) is 6.92 Å². The summed E-state index contributed by atoms with van der Waals surface area (Å²) < 4.78 is 36.6. The molecule has 18 heavy (non-hydrogen) atoms. The number of alkyl halides is 3. The number of hydrogen-bond acceptors (Lipinski definition) is 3. The van der Waals surface area contributed by atoms with Crippen molar-refractivity contribution in [1.29, 1.82) is 5.26 Å². The highest BCUT2D eigenvalue weighted by Gasteiger charge is 2.35. The molecule has 0 aliphatic heterocycles. The van der Waals surface area contributed by atoms with Crippen molar-refractivity contribution in [1.82, 2.24) is 5.43 Å². The summed E-state index contributed by atoms with van der Waals surface area (Å²) in [5.74, 6) is -1.34. The van der Waals surface area contributed by atoms with Gasteiger partial charge in [-0.2, -0.15) is 18.4 Å². The molecule has 0 saturated heterocycles. The van der Waals surface area contributed by atoms with Gasteiger partial charge < -0.3 is 5.43 Å². The minimum atomic E-state index is -4.15. The van der Waals surface area contributed by atoms with Crippen LogP contribution in [0, 0.1) is 17.2 Å². The Morgan fingerprint density at radius 3 is 2.72 bits per heavy atom. The largest absolute Gasteiger partial charge is 0.391 e. The molecular formula is C12H14F3N3. The molecule has 1 aromatic rings. The highest BCUT2D eigenvalue weighted by molar-refractivity contribution is 5.48. The molecule has 1 aromatic carbocycles. The SMILES string of the molecule is CC(CCNNc1cccc(C#N)c1)C(F)(F)F. The number of anilines is 1. The fraction of sp³-hybridized carbons (Fsp3) is 0.417. The monoisotopic (exact) mass is 257 g/mol. The first-order valence-corrected chi connectivity index (χ1v) is 5.49. The van der Waals surface area contributed by atoms with Crippen molar-refractivity contribution in [3.8, 4) is 6.07 Å². The highest BCUT2D eigenvalue weighted by atomic mass is 19.4. The van der Waals surface area contributed by atoms with Gasteiger partial charge in [0.05, 0.1) is 23.2 Å². The maximum Gasteiger partial charge on any atom is 0.391 e. The molecule has 0 bridgehead atoms. The summed E-state index contributed by atoms with van der Waals surface area (Å²) in [5.41, 5.74) is 6.59. The van der Waals surface area contributed by atoms with Gasteiger partial charge in [-0.1, -0.05) is 13.0 Å². The van der Waals surface area contributed by atoms with E-state index in [9.17, 15) is 13.2 Å². The summed E-state index contributed by atoms with van der Waals surface area (Å²) >= 11 is 0. The third-order valence-corrected chi connectivity index (χ3v) is 2.49. The maximum atomic E-state index is 12.2. The second kappa shape index (κ2) is 6.26. The van der Waals surface area contributed by atoms with Crippen LogP contribution >= 0.6 is 0 Å². The zero-order chi connectivity index (χ0) is 13.6. The lowest BCUT2D eigenvalue weighted by atomic mass is 10.1. The Bertz CT molecular complexity index is 423. The van der Waals surface area contributed by atoms with Crippen molar-refractivity contribution in [2.24, 2.45) is 5.92 Å². The van der Waals surface area contributed by atoms with E-state index < -0.39 is 12.1 Å². The molecule has 0 aliphatic rings. The van der Waals surface area contributed by atoms with Gasteiger partial charge in [0.15, 0.2) is 0 Å². The third kappa shape index (κ3) is 4.63. The Kier molecular flexibility index (Phi) is 4.98. The molecule has 0 amide bonds. The summed E-state index contributed by atoms with van der Waals surface area (Å²) in [4.78, 5) is 0. The summed E-state index contributed by atoms with van der Waals surface area (Å²) in [6.07, 6.45) is -4.16. The van der Waals surface area contributed by atoms with Gasteiger partial charge in [0.2, 0.25) is 0 Å². The summed E-state index contributed by atoms with van der Waals surface area (Å²) in [7, 11) is 0. The molecule has 0 heterocycles. The highest BCUT2D eigenvalue weighted by Crippen LogP contribution is 2.27. The number of hydrazine groups is 1. The van der Waals surface area contributed by atoms with Gasteiger partial charge in [-0.25, -0.2) is 5.43 Å². The van der Waals surface area contributed by atoms with Gasteiger partial charge in [-0.15, -0.1) is 0 Å².